The summed E-state index contributed by atoms with van der Waals surface area (Å²) in [6.07, 6.45) is 1.62. The number of thiazole rings is 1. The largest absolute Gasteiger partial charge is 0.471 e. The number of ether oxygens (including phenoxy) is 1. The predicted octanol–water partition coefficient (Wildman–Crippen LogP) is 2.54. The van der Waals surface area contributed by atoms with Gasteiger partial charge in [-0.2, -0.15) is 13.3 Å². The van der Waals surface area contributed by atoms with E-state index in [2.05, 4.69) is 25.8 Å². The van der Waals surface area contributed by atoms with Gasteiger partial charge in [-0.1, -0.05) is 23.3 Å². The molecule has 9 nitrogen and oxygen atoms in total. The van der Waals surface area contributed by atoms with Crippen molar-refractivity contribution in [3.63, 3.8) is 0 Å². The molecule has 0 radical (unpaired) electrons. The summed E-state index contributed by atoms with van der Waals surface area (Å²) in [5.74, 6) is -3.97. The summed E-state index contributed by atoms with van der Waals surface area (Å²) in [4.78, 5) is 15.4. The number of tetrazole rings is 1. The lowest BCUT2D eigenvalue weighted by Crippen LogP contribution is -2.31. The Balaban J connectivity index is 1.53. The van der Waals surface area contributed by atoms with Crippen molar-refractivity contribution in [1.82, 2.24) is 29.6 Å². The third-order valence-electron chi connectivity index (χ3n) is 3.68. The van der Waals surface area contributed by atoms with Crippen LogP contribution in [0.25, 0.3) is 11.5 Å². The van der Waals surface area contributed by atoms with Gasteiger partial charge in [-0.25, -0.2) is 9.55 Å². The summed E-state index contributed by atoms with van der Waals surface area (Å²) < 4.78 is 35.0. The highest BCUT2D eigenvalue weighted by molar-refractivity contribution is 7.13. The Labute approximate surface area is 160 Å². The van der Waals surface area contributed by atoms with E-state index in [1.165, 1.54) is 4.52 Å². The number of anilines is 1. The first-order chi connectivity index (χ1) is 13.4. The maximum absolute atomic E-state index is 13.0. The quantitative estimate of drug-likeness (QED) is 0.529. The van der Waals surface area contributed by atoms with Gasteiger partial charge in [-0.3, -0.25) is 10.1 Å². The Hall–Kier alpha value is -3.41. The SMILES string of the molecule is CC(F)(F)C(=O)Nc1nc(COc2cn3nnnc3n2-c2ccccc2)cs1. The van der Waals surface area contributed by atoms with Crippen LogP contribution in [-0.4, -0.2) is 41.4 Å². The van der Waals surface area contributed by atoms with Gasteiger partial charge in [-0.05, 0) is 22.6 Å². The van der Waals surface area contributed by atoms with E-state index in [9.17, 15) is 13.6 Å². The molecule has 0 saturated carbocycles. The molecule has 4 rings (SSSR count). The number of imidazole rings is 1. The lowest BCUT2D eigenvalue weighted by Gasteiger charge is -2.09. The molecule has 0 fully saturated rings. The Kier molecular flexibility index (Phi) is 4.47. The number of hydrogen-bond acceptors (Lipinski definition) is 7. The van der Waals surface area contributed by atoms with Gasteiger partial charge in [0, 0.05) is 12.3 Å². The number of benzene rings is 1. The fourth-order valence-corrected chi connectivity index (χ4v) is 3.08. The highest BCUT2D eigenvalue weighted by atomic mass is 32.1. The van der Waals surface area contributed by atoms with Crippen molar-refractivity contribution in [2.75, 3.05) is 5.32 Å². The molecule has 0 unspecified atom stereocenters. The lowest BCUT2D eigenvalue weighted by molar-refractivity contribution is -0.137. The van der Waals surface area contributed by atoms with E-state index in [1.807, 2.05) is 30.3 Å². The number of carbonyl (C=O) groups is 1. The minimum absolute atomic E-state index is 0.0579. The molecule has 144 valence electrons. The predicted molar refractivity (Wildman–Crippen MR) is 95.8 cm³/mol. The Morgan fingerprint density at radius 2 is 2.11 bits per heavy atom. The third kappa shape index (κ3) is 3.53. The molecule has 12 heteroatoms. The molecule has 4 aromatic rings. The molecule has 1 amide bonds. The molecule has 0 bridgehead atoms. The first kappa shape index (κ1) is 18.0. The van der Waals surface area contributed by atoms with E-state index in [4.69, 9.17) is 4.74 Å². The van der Waals surface area contributed by atoms with Gasteiger partial charge in [0.2, 0.25) is 5.88 Å². The second-order valence-corrected chi connectivity index (χ2v) is 6.70. The van der Waals surface area contributed by atoms with Crippen molar-refractivity contribution >= 4 is 28.2 Å². The molecular formula is C16H13F2N7O2S. The topological polar surface area (TPSA) is 99.2 Å². The van der Waals surface area contributed by atoms with Crippen molar-refractivity contribution < 1.29 is 18.3 Å². The molecule has 3 heterocycles. The van der Waals surface area contributed by atoms with Crippen molar-refractivity contribution in [2.45, 2.75) is 19.5 Å². The van der Waals surface area contributed by atoms with E-state index in [-0.39, 0.29) is 11.7 Å². The number of nitrogens with one attached hydrogen (secondary N) is 1. The van der Waals surface area contributed by atoms with E-state index in [1.54, 1.807) is 16.1 Å². The fourth-order valence-electron chi connectivity index (χ4n) is 2.39. The number of nitrogens with zero attached hydrogens (tertiary/aromatic N) is 6. The maximum atomic E-state index is 13.0. The number of halogens is 2. The number of fused-ring (bicyclic) bond motifs is 1. The van der Waals surface area contributed by atoms with Crippen LogP contribution in [0.2, 0.25) is 0 Å². The molecule has 1 N–H and O–H groups in total. The maximum Gasteiger partial charge on any atom is 0.322 e. The van der Waals surface area contributed by atoms with Gasteiger partial charge < -0.3 is 4.74 Å². The zero-order chi connectivity index (χ0) is 19.7. The second-order valence-electron chi connectivity index (χ2n) is 5.84. The minimum atomic E-state index is -3.48. The molecule has 0 aliphatic rings. The smallest absolute Gasteiger partial charge is 0.322 e. The number of amides is 1. The monoisotopic (exact) mass is 405 g/mol. The molecule has 1 aromatic carbocycles. The molecule has 0 atom stereocenters. The number of aromatic nitrogens is 6. The third-order valence-corrected chi connectivity index (χ3v) is 4.49. The molecule has 0 aliphatic carbocycles. The van der Waals surface area contributed by atoms with Gasteiger partial charge in [0.05, 0.1) is 17.6 Å². The summed E-state index contributed by atoms with van der Waals surface area (Å²) in [5, 5.41) is 15.2. The average Bonchev–Trinajstić information content (AvgIpc) is 3.35. The summed E-state index contributed by atoms with van der Waals surface area (Å²) in [6, 6.07) is 9.39. The second kappa shape index (κ2) is 6.96. The average molecular weight is 405 g/mol. The summed E-state index contributed by atoms with van der Waals surface area (Å²) in [6.45, 7) is 0.583. The number of rotatable bonds is 6. The molecular weight excluding hydrogens is 392 g/mol. The Morgan fingerprint density at radius 3 is 2.86 bits per heavy atom. The van der Waals surface area contributed by atoms with Crippen LogP contribution in [0.1, 0.15) is 12.6 Å². The van der Waals surface area contributed by atoms with E-state index < -0.39 is 11.8 Å². The van der Waals surface area contributed by atoms with E-state index in [0.29, 0.717) is 24.3 Å². The molecule has 0 aliphatic heterocycles. The zero-order valence-electron chi connectivity index (χ0n) is 14.4. The molecule has 3 aromatic heterocycles. The van der Waals surface area contributed by atoms with Crippen LogP contribution in [0.15, 0.2) is 41.9 Å². The number of carbonyl (C=O) groups excluding carboxylic acids is 1. The number of hydrogen-bond donors (Lipinski definition) is 1. The van der Waals surface area contributed by atoms with Crippen molar-refractivity contribution in [2.24, 2.45) is 0 Å². The van der Waals surface area contributed by atoms with Crippen LogP contribution in [0, 0.1) is 0 Å². The molecule has 28 heavy (non-hydrogen) atoms. The number of alkyl halides is 2. The Bertz CT molecular complexity index is 1120. The van der Waals surface area contributed by atoms with Crippen LogP contribution in [0.4, 0.5) is 13.9 Å². The van der Waals surface area contributed by atoms with Crippen LogP contribution < -0.4 is 10.1 Å². The van der Waals surface area contributed by atoms with Crippen LogP contribution >= 0.6 is 11.3 Å². The van der Waals surface area contributed by atoms with Crippen molar-refractivity contribution in [3.05, 3.63) is 47.6 Å². The first-order valence-electron chi connectivity index (χ1n) is 8.03. The van der Waals surface area contributed by atoms with Crippen LogP contribution in [-0.2, 0) is 11.4 Å². The van der Waals surface area contributed by atoms with Gasteiger partial charge in [0.1, 0.15) is 6.61 Å². The van der Waals surface area contributed by atoms with Crippen LogP contribution in [0.5, 0.6) is 5.88 Å². The van der Waals surface area contributed by atoms with Gasteiger partial charge >= 0.3 is 5.92 Å². The highest BCUT2D eigenvalue weighted by Gasteiger charge is 2.32. The van der Waals surface area contributed by atoms with Crippen molar-refractivity contribution in [3.8, 4) is 11.6 Å². The normalized spacial score (nSPS) is 11.7. The summed E-state index contributed by atoms with van der Waals surface area (Å²) in [5.41, 5.74) is 1.28. The highest BCUT2D eigenvalue weighted by Crippen LogP contribution is 2.24. The lowest BCUT2D eigenvalue weighted by atomic mass is 10.3. The number of para-hydroxylation sites is 1. The summed E-state index contributed by atoms with van der Waals surface area (Å²) >= 11 is 1.03. The van der Waals surface area contributed by atoms with Crippen molar-refractivity contribution in [1.29, 1.82) is 0 Å². The van der Waals surface area contributed by atoms with E-state index in [0.717, 1.165) is 17.0 Å². The van der Waals surface area contributed by atoms with E-state index >= 15 is 0 Å². The van der Waals surface area contributed by atoms with Gasteiger partial charge in [-0.15, -0.1) is 11.3 Å². The van der Waals surface area contributed by atoms with Gasteiger partial charge in [0.15, 0.2) is 5.13 Å². The zero-order valence-corrected chi connectivity index (χ0v) is 15.2. The standard InChI is InChI=1S/C16H13F2N7O2S/c1-16(17,18)13(26)20-14-19-10(9-28-14)8-27-12-7-24-15(21-22-23-24)25(12)11-5-3-2-4-6-11/h2-7,9H,8H2,1H3,(H,19,20,26). The minimum Gasteiger partial charge on any atom is -0.471 e. The first-order valence-corrected chi connectivity index (χ1v) is 8.91. The van der Waals surface area contributed by atoms with Crippen LogP contribution in [0.3, 0.4) is 0 Å². The fraction of sp³-hybridized carbons (Fsp3) is 0.188. The molecule has 0 spiro atoms. The summed E-state index contributed by atoms with van der Waals surface area (Å²) in [7, 11) is 0. The Morgan fingerprint density at radius 1 is 1.32 bits per heavy atom. The van der Waals surface area contributed by atoms with Gasteiger partial charge in [0.25, 0.3) is 11.7 Å². The molecule has 0 saturated heterocycles.